The fourth-order valence-corrected chi connectivity index (χ4v) is 8.48. The van der Waals surface area contributed by atoms with Crippen LogP contribution in [0.1, 0.15) is 64.7 Å². The Bertz CT molecular complexity index is 1620. The van der Waals surface area contributed by atoms with E-state index in [4.69, 9.17) is 10.00 Å². The lowest BCUT2D eigenvalue weighted by Crippen LogP contribution is -2.66. The van der Waals surface area contributed by atoms with Crippen LogP contribution in [0.4, 0.5) is 0 Å². The SMILES string of the molecule is N#Cc1ccc(-c2ccc(CCNC(=O)c3ccc4c5c3O[C@H]3C(=O)CC[C@H]6[C@@H](C4)N(CC4CC4)CC[C@]536)cc2)cc1. The largest absolute Gasteiger partial charge is 0.481 e. The Hall–Kier alpha value is -3.95. The number of piperidine rings is 1. The molecular weight excluding hydrogens is 522 g/mol. The van der Waals surface area contributed by atoms with E-state index < -0.39 is 6.10 Å². The summed E-state index contributed by atoms with van der Waals surface area (Å²) in [5.74, 6) is 2.03. The third-order valence-corrected chi connectivity index (χ3v) is 10.7. The van der Waals surface area contributed by atoms with Crippen molar-refractivity contribution in [2.75, 3.05) is 19.6 Å². The van der Waals surface area contributed by atoms with Crippen molar-refractivity contribution in [1.82, 2.24) is 10.2 Å². The third-order valence-electron chi connectivity index (χ3n) is 10.7. The van der Waals surface area contributed by atoms with Crippen LogP contribution in [0.25, 0.3) is 11.1 Å². The number of nitriles is 1. The van der Waals surface area contributed by atoms with Crippen molar-refractivity contribution < 1.29 is 14.3 Å². The number of nitrogens with zero attached hydrogens (tertiary/aromatic N) is 2. The van der Waals surface area contributed by atoms with E-state index in [1.165, 1.54) is 30.5 Å². The molecule has 0 unspecified atom stereocenters. The molecule has 42 heavy (non-hydrogen) atoms. The van der Waals surface area contributed by atoms with Gasteiger partial charge in [0.05, 0.1) is 17.2 Å². The van der Waals surface area contributed by atoms with E-state index in [0.29, 0.717) is 48.2 Å². The Kier molecular flexibility index (Phi) is 6.01. The molecule has 6 nitrogen and oxygen atoms in total. The molecule has 8 rings (SSSR count). The summed E-state index contributed by atoms with van der Waals surface area (Å²) in [5.41, 5.74) is 6.71. The summed E-state index contributed by atoms with van der Waals surface area (Å²) < 4.78 is 6.56. The molecule has 3 fully saturated rings. The van der Waals surface area contributed by atoms with Gasteiger partial charge in [-0.25, -0.2) is 0 Å². The normalized spacial score (nSPS) is 27.1. The zero-order valence-electron chi connectivity index (χ0n) is 23.8. The molecule has 3 aliphatic carbocycles. The van der Waals surface area contributed by atoms with Crippen molar-refractivity contribution in [2.24, 2.45) is 11.8 Å². The lowest BCUT2D eigenvalue weighted by Gasteiger charge is -2.57. The van der Waals surface area contributed by atoms with E-state index >= 15 is 0 Å². The molecule has 2 saturated carbocycles. The summed E-state index contributed by atoms with van der Waals surface area (Å²) in [6.07, 6.45) is 6.43. The first-order valence-electron chi connectivity index (χ1n) is 15.5. The molecule has 1 spiro atoms. The molecule has 2 bridgehead atoms. The molecule has 1 saturated heterocycles. The smallest absolute Gasteiger partial charge is 0.255 e. The minimum Gasteiger partial charge on any atom is -0.481 e. The first-order chi connectivity index (χ1) is 20.5. The second-order valence-electron chi connectivity index (χ2n) is 13.0. The third kappa shape index (κ3) is 4.01. The van der Waals surface area contributed by atoms with Gasteiger partial charge in [-0.15, -0.1) is 0 Å². The predicted octanol–water partition coefficient (Wildman–Crippen LogP) is 5.22. The van der Waals surface area contributed by atoms with Gasteiger partial charge in [-0.2, -0.15) is 5.26 Å². The molecule has 1 amide bonds. The Balaban J connectivity index is 0.996. The van der Waals surface area contributed by atoms with Crippen LogP contribution < -0.4 is 10.1 Å². The van der Waals surface area contributed by atoms with Crippen molar-refractivity contribution in [3.8, 4) is 22.9 Å². The predicted molar refractivity (Wildman–Crippen MR) is 159 cm³/mol. The molecule has 2 heterocycles. The number of hydrogen-bond acceptors (Lipinski definition) is 5. The summed E-state index contributed by atoms with van der Waals surface area (Å²) in [7, 11) is 0. The quantitative estimate of drug-likeness (QED) is 0.431. The van der Waals surface area contributed by atoms with E-state index in [1.807, 2.05) is 30.3 Å². The lowest BCUT2D eigenvalue weighted by molar-refractivity contribution is -0.138. The Morgan fingerprint density at radius 2 is 1.79 bits per heavy atom. The first-order valence-corrected chi connectivity index (χ1v) is 15.5. The van der Waals surface area contributed by atoms with Gasteiger partial charge in [-0.05, 0) is 97.4 Å². The van der Waals surface area contributed by atoms with Gasteiger partial charge < -0.3 is 10.1 Å². The monoisotopic (exact) mass is 557 g/mol. The maximum Gasteiger partial charge on any atom is 0.255 e. The number of ketones is 1. The average molecular weight is 558 g/mol. The molecule has 3 aromatic rings. The van der Waals surface area contributed by atoms with Crippen LogP contribution in [0.2, 0.25) is 0 Å². The highest BCUT2D eigenvalue weighted by Crippen LogP contribution is 2.62. The average Bonchev–Trinajstić information content (AvgIpc) is 3.77. The number of carbonyl (C=O) groups excluding carboxylic acids is 2. The molecule has 6 heteroatoms. The van der Waals surface area contributed by atoms with Gasteiger partial charge in [0, 0.05) is 36.5 Å². The first kappa shape index (κ1) is 25.7. The molecule has 3 aromatic carbocycles. The topological polar surface area (TPSA) is 82.4 Å². The zero-order chi connectivity index (χ0) is 28.4. The van der Waals surface area contributed by atoms with Crippen molar-refractivity contribution >= 4 is 11.7 Å². The lowest BCUT2D eigenvalue weighted by atomic mass is 9.51. The van der Waals surface area contributed by atoms with E-state index in [1.54, 1.807) is 0 Å². The minimum absolute atomic E-state index is 0.130. The molecule has 5 aliphatic rings. The zero-order valence-corrected chi connectivity index (χ0v) is 23.8. The number of amides is 1. The summed E-state index contributed by atoms with van der Waals surface area (Å²) in [4.78, 5) is 29.5. The van der Waals surface area contributed by atoms with Crippen LogP contribution in [0.15, 0.2) is 60.7 Å². The van der Waals surface area contributed by atoms with E-state index in [2.05, 4.69) is 46.6 Å². The highest BCUT2D eigenvalue weighted by atomic mass is 16.5. The molecule has 0 aromatic heterocycles. The number of nitrogens with one attached hydrogen (secondary N) is 1. The van der Waals surface area contributed by atoms with Gasteiger partial charge in [0.25, 0.3) is 5.91 Å². The van der Waals surface area contributed by atoms with Gasteiger partial charge in [-0.1, -0.05) is 42.5 Å². The number of benzene rings is 3. The second kappa shape index (κ2) is 9.81. The van der Waals surface area contributed by atoms with Crippen molar-refractivity contribution in [1.29, 1.82) is 5.26 Å². The molecule has 2 aliphatic heterocycles. The van der Waals surface area contributed by atoms with Crippen LogP contribution in [0.3, 0.4) is 0 Å². The van der Waals surface area contributed by atoms with Gasteiger partial charge in [0.2, 0.25) is 0 Å². The van der Waals surface area contributed by atoms with Crippen molar-refractivity contribution in [3.05, 3.63) is 88.5 Å². The number of Topliss-reactive ketones (excluding diaryl/α,β-unsaturated/α-hetero) is 1. The minimum atomic E-state index is -0.445. The van der Waals surface area contributed by atoms with Crippen molar-refractivity contribution in [3.63, 3.8) is 0 Å². The van der Waals surface area contributed by atoms with E-state index in [0.717, 1.165) is 48.4 Å². The van der Waals surface area contributed by atoms with Gasteiger partial charge in [0.1, 0.15) is 5.75 Å². The van der Waals surface area contributed by atoms with Crippen LogP contribution >= 0.6 is 0 Å². The molecule has 1 N–H and O–H groups in total. The number of likely N-dealkylation sites (tertiary alicyclic amines) is 1. The van der Waals surface area contributed by atoms with Crippen LogP contribution in [0.5, 0.6) is 5.75 Å². The molecule has 4 atom stereocenters. The second-order valence-corrected chi connectivity index (χ2v) is 13.0. The maximum absolute atomic E-state index is 13.5. The van der Waals surface area contributed by atoms with Gasteiger partial charge in [0.15, 0.2) is 11.9 Å². The van der Waals surface area contributed by atoms with Crippen molar-refractivity contribution in [2.45, 2.75) is 62.5 Å². The Morgan fingerprint density at radius 3 is 2.52 bits per heavy atom. The van der Waals surface area contributed by atoms with E-state index in [-0.39, 0.29) is 17.1 Å². The Morgan fingerprint density at radius 1 is 1.02 bits per heavy atom. The van der Waals surface area contributed by atoms with E-state index in [9.17, 15) is 9.59 Å². The number of hydrogen-bond donors (Lipinski definition) is 1. The number of ether oxygens (including phenoxy) is 1. The number of carbonyl (C=O) groups is 2. The van der Waals surface area contributed by atoms with Crippen LogP contribution in [0, 0.1) is 23.2 Å². The highest BCUT2D eigenvalue weighted by Gasteiger charge is 2.66. The standard InChI is InChI=1S/C36H35N3O3/c37-20-23-5-9-26(10-6-23)25-7-3-22(4-8-25)15-17-38-35(41)28-12-11-27-19-30-29-13-14-31(40)34-36(29,32(27)33(28)42-34)16-18-39(30)21-24-1-2-24/h3-12,24,29-30,34H,1-2,13-19,21H2,(H,38,41)/t29-,30+,34-,36-/m0/s1. The fraction of sp³-hybridized carbons (Fsp3) is 0.417. The summed E-state index contributed by atoms with van der Waals surface area (Å²) in [6.45, 7) is 2.72. The summed E-state index contributed by atoms with van der Waals surface area (Å²) in [5, 5.41) is 12.2. The molecule has 0 radical (unpaired) electrons. The van der Waals surface area contributed by atoms with Gasteiger partial charge in [-0.3, -0.25) is 14.5 Å². The maximum atomic E-state index is 13.5. The van der Waals surface area contributed by atoms with Crippen LogP contribution in [-0.2, 0) is 23.1 Å². The molecular formula is C36H35N3O3. The molecule has 212 valence electrons. The Labute approximate surface area is 246 Å². The summed E-state index contributed by atoms with van der Waals surface area (Å²) in [6, 6.07) is 22.6. The number of rotatable bonds is 7. The fourth-order valence-electron chi connectivity index (χ4n) is 8.48. The highest BCUT2D eigenvalue weighted by molar-refractivity contribution is 5.99. The summed E-state index contributed by atoms with van der Waals surface area (Å²) >= 11 is 0. The van der Waals surface area contributed by atoms with Gasteiger partial charge >= 0.3 is 0 Å². The van der Waals surface area contributed by atoms with Crippen LogP contribution in [-0.4, -0.2) is 48.4 Å².